The minimum Gasteiger partial charge on any atom is -0.317 e. The largest absolute Gasteiger partial charge is 0.317 e. The van der Waals surface area contributed by atoms with Crippen LogP contribution in [-0.2, 0) is 0 Å². The number of nitrogens with one attached hydrogen (secondary N) is 2. The van der Waals surface area contributed by atoms with Crippen molar-refractivity contribution in [2.45, 2.75) is 57.9 Å². The maximum absolute atomic E-state index is 10.0. The molecule has 3 nitrogen and oxygen atoms in total. The summed E-state index contributed by atoms with van der Waals surface area (Å²) >= 11 is 0. The Balaban J connectivity index is 0.000000173. The van der Waals surface area contributed by atoms with Gasteiger partial charge in [-0.15, -0.1) is 0 Å². The summed E-state index contributed by atoms with van der Waals surface area (Å²) in [4.78, 5) is 10.0. The van der Waals surface area contributed by atoms with E-state index in [0.29, 0.717) is 0 Å². The van der Waals surface area contributed by atoms with Gasteiger partial charge in [0.2, 0.25) is 0 Å². The van der Waals surface area contributed by atoms with Crippen molar-refractivity contribution in [3.8, 4) is 0 Å². The Labute approximate surface area is 142 Å². The first-order valence-corrected chi connectivity index (χ1v) is 9.18. The first kappa shape index (κ1) is 19.9. The highest BCUT2D eigenvalue weighted by atomic mass is 16.1. The van der Waals surface area contributed by atoms with Crippen molar-refractivity contribution in [2.24, 2.45) is 5.92 Å². The molecule has 2 N–H and O–H groups in total. The van der Waals surface area contributed by atoms with Crippen molar-refractivity contribution in [3.05, 3.63) is 35.9 Å². The standard InChI is InChI=1S/C7H6O.C7H14.C6H14N2/c8-6-7-4-2-1-3-5-7;1-2-7-5-3-4-6-7;1-7-6-2-4-8-5-3-6/h1-6H;7H,2-6H2,1H3;6-8H,2-5H2,1H3. The molecule has 1 aliphatic heterocycles. The number of rotatable bonds is 3. The fourth-order valence-corrected chi connectivity index (χ4v) is 3.06. The molecule has 3 heteroatoms. The van der Waals surface area contributed by atoms with Crippen LogP contribution in [0.25, 0.3) is 0 Å². The normalized spacial score (nSPS) is 18.3. The lowest BCUT2D eigenvalue weighted by Gasteiger charge is -2.21. The molecular weight excluding hydrogens is 284 g/mol. The van der Waals surface area contributed by atoms with Crippen molar-refractivity contribution in [2.75, 3.05) is 20.1 Å². The lowest BCUT2D eigenvalue weighted by atomic mass is 10.1. The summed E-state index contributed by atoms with van der Waals surface area (Å²) < 4.78 is 0. The molecule has 0 spiro atoms. The fraction of sp³-hybridized carbons (Fsp3) is 0.650. The summed E-state index contributed by atoms with van der Waals surface area (Å²) in [6.07, 6.45) is 10.8. The van der Waals surface area contributed by atoms with E-state index in [1.807, 2.05) is 25.2 Å². The van der Waals surface area contributed by atoms with Gasteiger partial charge in [-0.2, -0.15) is 0 Å². The maximum Gasteiger partial charge on any atom is 0.150 e. The molecule has 0 radical (unpaired) electrons. The van der Waals surface area contributed by atoms with Crippen LogP contribution < -0.4 is 10.6 Å². The zero-order valence-electron chi connectivity index (χ0n) is 14.9. The van der Waals surface area contributed by atoms with Gasteiger partial charge in [-0.3, -0.25) is 4.79 Å². The number of carbonyl (C=O) groups excluding carboxylic acids is 1. The third kappa shape index (κ3) is 9.52. The van der Waals surface area contributed by atoms with E-state index in [0.717, 1.165) is 23.8 Å². The van der Waals surface area contributed by atoms with E-state index < -0.39 is 0 Å². The third-order valence-corrected chi connectivity index (χ3v) is 4.74. The number of aldehydes is 1. The Morgan fingerprint density at radius 1 is 1.09 bits per heavy atom. The molecule has 2 fully saturated rings. The second-order valence-corrected chi connectivity index (χ2v) is 6.40. The van der Waals surface area contributed by atoms with Crippen LogP contribution >= 0.6 is 0 Å². The van der Waals surface area contributed by atoms with Gasteiger partial charge in [0.1, 0.15) is 6.29 Å². The summed E-state index contributed by atoms with van der Waals surface area (Å²) in [5, 5.41) is 6.57. The van der Waals surface area contributed by atoms with Crippen LogP contribution in [-0.4, -0.2) is 32.5 Å². The Morgan fingerprint density at radius 2 is 1.70 bits per heavy atom. The maximum atomic E-state index is 10.0. The van der Waals surface area contributed by atoms with E-state index in [2.05, 4.69) is 17.6 Å². The molecular formula is C20H34N2O. The second kappa shape index (κ2) is 13.3. The van der Waals surface area contributed by atoms with Crippen LogP contribution in [0.3, 0.4) is 0 Å². The van der Waals surface area contributed by atoms with Gasteiger partial charge in [-0.1, -0.05) is 69.4 Å². The molecule has 1 saturated carbocycles. The quantitative estimate of drug-likeness (QED) is 0.826. The van der Waals surface area contributed by atoms with Gasteiger partial charge >= 0.3 is 0 Å². The zero-order chi connectivity index (χ0) is 16.8. The summed E-state index contributed by atoms with van der Waals surface area (Å²) in [7, 11) is 2.04. The van der Waals surface area contributed by atoms with Crippen LogP contribution in [0.15, 0.2) is 30.3 Å². The highest BCUT2D eigenvalue weighted by Crippen LogP contribution is 2.26. The number of hydrogen-bond donors (Lipinski definition) is 2. The van der Waals surface area contributed by atoms with Gasteiger partial charge in [0, 0.05) is 11.6 Å². The topological polar surface area (TPSA) is 41.1 Å². The number of hydrogen-bond acceptors (Lipinski definition) is 3. The van der Waals surface area contributed by atoms with Crippen LogP contribution in [0.2, 0.25) is 0 Å². The predicted octanol–water partition coefficient (Wildman–Crippen LogP) is 4.04. The molecule has 1 aromatic carbocycles. The number of benzene rings is 1. The highest BCUT2D eigenvalue weighted by Gasteiger charge is 2.11. The molecule has 1 aromatic rings. The molecule has 2 aliphatic rings. The van der Waals surface area contributed by atoms with E-state index in [1.165, 1.54) is 58.0 Å². The molecule has 0 atom stereocenters. The molecule has 130 valence electrons. The molecule has 0 aromatic heterocycles. The lowest BCUT2D eigenvalue weighted by Crippen LogP contribution is -2.37. The number of carbonyl (C=O) groups is 1. The van der Waals surface area contributed by atoms with Crippen LogP contribution in [0.5, 0.6) is 0 Å². The van der Waals surface area contributed by atoms with E-state index in [9.17, 15) is 4.79 Å². The molecule has 23 heavy (non-hydrogen) atoms. The SMILES string of the molecule is CCC1CCCC1.CNC1CCNCC1.O=Cc1ccccc1. The lowest BCUT2D eigenvalue weighted by molar-refractivity contribution is 0.112. The van der Waals surface area contributed by atoms with Crippen molar-refractivity contribution in [1.29, 1.82) is 0 Å². The first-order valence-electron chi connectivity index (χ1n) is 9.18. The Hall–Kier alpha value is -1.19. The Morgan fingerprint density at radius 3 is 2.04 bits per heavy atom. The monoisotopic (exact) mass is 318 g/mol. The van der Waals surface area contributed by atoms with E-state index >= 15 is 0 Å². The summed E-state index contributed by atoms with van der Waals surface area (Å²) in [5.74, 6) is 1.10. The van der Waals surface area contributed by atoms with Crippen molar-refractivity contribution in [1.82, 2.24) is 10.6 Å². The summed E-state index contributed by atoms with van der Waals surface area (Å²) in [6.45, 7) is 4.67. The molecule has 0 unspecified atom stereocenters. The van der Waals surface area contributed by atoms with Crippen LogP contribution in [0.4, 0.5) is 0 Å². The van der Waals surface area contributed by atoms with Gasteiger partial charge in [-0.25, -0.2) is 0 Å². The highest BCUT2D eigenvalue weighted by molar-refractivity contribution is 5.74. The van der Waals surface area contributed by atoms with E-state index in [1.54, 1.807) is 12.1 Å². The van der Waals surface area contributed by atoms with Crippen LogP contribution in [0, 0.1) is 5.92 Å². The third-order valence-electron chi connectivity index (χ3n) is 4.74. The minimum absolute atomic E-state index is 0.729. The number of piperidine rings is 1. The average Bonchev–Trinajstić information content (AvgIpc) is 3.18. The van der Waals surface area contributed by atoms with Gasteiger partial charge in [0.25, 0.3) is 0 Å². The minimum atomic E-state index is 0.729. The van der Waals surface area contributed by atoms with Gasteiger partial charge < -0.3 is 10.6 Å². The Kier molecular flexibility index (Phi) is 11.5. The Bertz CT molecular complexity index is 382. The van der Waals surface area contributed by atoms with Crippen molar-refractivity contribution in [3.63, 3.8) is 0 Å². The fourth-order valence-electron chi connectivity index (χ4n) is 3.06. The molecule has 0 amide bonds. The molecule has 1 aliphatic carbocycles. The van der Waals surface area contributed by atoms with Gasteiger partial charge in [0.05, 0.1) is 0 Å². The summed E-state index contributed by atoms with van der Waals surface area (Å²) in [6, 6.07) is 9.87. The van der Waals surface area contributed by atoms with Crippen molar-refractivity contribution < 1.29 is 4.79 Å². The smallest absolute Gasteiger partial charge is 0.150 e. The first-order chi connectivity index (χ1) is 11.3. The molecule has 0 bridgehead atoms. The zero-order valence-corrected chi connectivity index (χ0v) is 14.9. The van der Waals surface area contributed by atoms with Gasteiger partial charge in [0.15, 0.2) is 0 Å². The van der Waals surface area contributed by atoms with Crippen LogP contribution in [0.1, 0.15) is 62.2 Å². The molecule has 1 heterocycles. The molecule has 1 saturated heterocycles. The van der Waals surface area contributed by atoms with Crippen molar-refractivity contribution >= 4 is 6.29 Å². The average molecular weight is 319 g/mol. The van der Waals surface area contributed by atoms with Gasteiger partial charge in [-0.05, 0) is 38.9 Å². The van der Waals surface area contributed by atoms with E-state index in [4.69, 9.17) is 0 Å². The van der Waals surface area contributed by atoms with E-state index in [-0.39, 0.29) is 0 Å². The predicted molar refractivity (Wildman–Crippen MR) is 99.0 cm³/mol. The molecule has 3 rings (SSSR count). The second-order valence-electron chi connectivity index (χ2n) is 6.40. The summed E-state index contributed by atoms with van der Waals surface area (Å²) in [5.41, 5.74) is 0.729.